The molecular formula is C5H18Cl3N5. The lowest BCUT2D eigenvalue weighted by atomic mass is 10.1. The summed E-state index contributed by atoms with van der Waals surface area (Å²) < 4.78 is 0. The number of hydrogen-bond donors (Lipinski definition) is 5. The van der Waals surface area contributed by atoms with Gasteiger partial charge < -0.3 is 11.1 Å². The van der Waals surface area contributed by atoms with Crippen LogP contribution in [0.25, 0.3) is 0 Å². The van der Waals surface area contributed by atoms with Crippen molar-refractivity contribution in [3.63, 3.8) is 0 Å². The molecule has 0 unspecified atom stereocenters. The molecule has 0 spiro atoms. The molecule has 0 aromatic heterocycles. The second kappa shape index (κ2) is 10.1. The van der Waals surface area contributed by atoms with Crippen molar-refractivity contribution in [2.45, 2.75) is 19.4 Å². The quantitative estimate of drug-likeness (QED) is 0.207. The van der Waals surface area contributed by atoms with Gasteiger partial charge >= 0.3 is 0 Å². The summed E-state index contributed by atoms with van der Waals surface area (Å²) in [5, 5.41) is 9.87. The predicted molar refractivity (Wildman–Crippen MR) is 63.1 cm³/mol. The number of halogens is 3. The topological polar surface area (TPSA) is 99.9 Å². The molecule has 84 valence electrons. The minimum Gasteiger partial charge on any atom is -0.349 e. The molecule has 0 atom stereocenters. The normalized spacial score (nSPS) is 8.31. The van der Waals surface area contributed by atoms with E-state index in [4.69, 9.17) is 17.0 Å². The first-order valence-electron chi connectivity index (χ1n) is 3.05. The zero-order chi connectivity index (χ0) is 8.20. The Balaban J connectivity index is -0.000000135. The van der Waals surface area contributed by atoms with Gasteiger partial charge in [0.1, 0.15) is 0 Å². The summed E-state index contributed by atoms with van der Waals surface area (Å²) in [5.74, 6) is 5.04. The van der Waals surface area contributed by atoms with E-state index < -0.39 is 0 Å². The summed E-state index contributed by atoms with van der Waals surface area (Å²) in [6.45, 7) is 4.23. The van der Waals surface area contributed by atoms with Crippen molar-refractivity contribution in [1.29, 1.82) is 5.41 Å². The lowest BCUT2D eigenvalue weighted by Gasteiger charge is -2.24. The SMILES string of the molecule is CC(C)(CN)NC(=N)NN.Cl.Cl.Cl. The minimum atomic E-state index is -0.274. The van der Waals surface area contributed by atoms with E-state index in [9.17, 15) is 0 Å². The van der Waals surface area contributed by atoms with Gasteiger partial charge in [-0.15, -0.1) is 37.2 Å². The summed E-state index contributed by atoms with van der Waals surface area (Å²) in [6.07, 6.45) is 0. The number of rotatable bonds is 2. The van der Waals surface area contributed by atoms with Crippen LogP contribution in [0.3, 0.4) is 0 Å². The fraction of sp³-hybridized carbons (Fsp3) is 0.800. The molecule has 0 radical (unpaired) electrons. The van der Waals surface area contributed by atoms with E-state index in [2.05, 4.69) is 10.7 Å². The van der Waals surface area contributed by atoms with Gasteiger partial charge in [-0.2, -0.15) is 0 Å². The number of nitrogens with one attached hydrogen (secondary N) is 3. The van der Waals surface area contributed by atoms with Gasteiger partial charge in [0, 0.05) is 12.1 Å². The highest BCUT2D eigenvalue weighted by molar-refractivity contribution is 5.86. The first-order chi connectivity index (χ1) is 4.52. The number of hydrazine groups is 1. The van der Waals surface area contributed by atoms with Gasteiger partial charge in [-0.25, -0.2) is 5.84 Å². The summed E-state index contributed by atoms with van der Waals surface area (Å²) in [6, 6.07) is 0. The molecule has 0 aliphatic heterocycles. The van der Waals surface area contributed by atoms with Crippen molar-refractivity contribution in [3.8, 4) is 0 Å². The van der Waals surface area contributed by atoms with Crippen LogP contribution >= 0.6 is 37.2 Å². The Morgan fingerprint density at radius 2 is 1.69 bits per heavy atom. The summed E-state index contributed by atoms with van der Waals surface area (Å²) in [7, 11) is 0. The van der Waals surface area contributed by atoms with Crippen LogP contribution in [0, 0.1) is 5.41 Å². The molecule has 0 aromatic rings. The van der Waals surface area contributed by atoms with Crippen molar-refractivity contribution < 1.29 is 0 Å². The van der Waals surface area contributed by atoms with Gasteiger partial charge in [-0.3, -0.25) is 10.8 Å². The van der Waals surface area contributed by atoms with Crippen LogP contribution < -0.4 is 22.3 Å². The zero-order valence-electron chi connectivity index (χ0n) is 7.59. The van der Waals surface area contributed by atoms with Gasteiger partial charge in [0.05, 0.1) is 0 Å². The molecule has 0 saturated carbocycles. The highest BCUT2D eigenvalue weighted by Crippen LogP contribution is 1.95. The molecule has 0 aliphatic rings. The number of hydrogen-bond acceptors (Lipinski definition) is 3. The Kier molecular flexibility index (Phi) is 18.1. The van der Waals surface area contributed by atoms with Gasteiger partial charge in [-0.05, 0) is 13.8 Å². The third-order valence-corrected chi connectivity index (χ3v) is 1.12. The van der Waals surface area contributed by atoms with E-state index in [1.165, 1.54) is 0 Å². The first kappa shape index (κ1) is 23.1. The largest absolute Gasteiger partial charge is 0.349 e. The van der Waals surface area contributed by atoms with E-state index in [1.54, 1.807) is 0 Å². The van der Waals surface area contributed by atoms with Crippen molar-refractivity contribution in [2.24, 2.45) is 11.6 Å². The second-order valence-electron chi connectivity index (χ2n) is 2.73. The minimum absolute atomic E-state index is 0. The maximum atomic E-state index is 7.09. The Hall–Kier alpha value is 0.0600. The van der Waals surface area contributed by atoms with E-state index in [0.717, 1.165) is 0 Å². The molecule has 0 saturated heterocycles. The van der Waals surface area contributed by atoms with Gasteiger partial charge in [0.2, 0.25) is 5.96 Å². The van der Waals surface area contributed by atoms with Crippen LogP contribution in [0.5, 0.6) is 0 Å². The van der Waals surface area contributed by atoms with Crippen LogP contribution in [0.4, 0.5) is 0 Å². The summed E-state index contributed by atoms with van der Waals surface area (Å²) >= 11 is 0. The third-order valence-electron chi connectivity index (χ3n) is 1.12. The fourth-order valence-corrected chi connectivity index (χ4v) is 0.426. The predicted octanol–water partition coefficient (Wildman–Crippen LogP) is -0.0232. The Morgan fingerprint density at radius 3 is 1.92 bits per heavy atom. The average molecular weight is 255 g/mol. The molecule has 0 aromatic carbocycles. The van der Waals surface area contributed by atoms with Crippen LogP contribution in [-0.4, -0.2) is 18.0 Å². The van der Waals surface area contributed by atoms with E-state index >= 15 is 0 Å². The monoisotopic (exact) mass is 253 g/mol. The Morgan fingerprint density at radius 1 is 1.31 bits per heavy atom. The summed E-state index contributed by atoms with van der Waals surface area (Å²) in [4.78, 5) is 0. The molecule has 0 fully saturated rings. The van der Waals surface area contributed by atoms with Crippen molar-refractivity contribution in [1.82, 2.24) is 10.7 Å². The van der Waals surface area contributed by atoms with Gasteiger partial charge in [-0.1, -0.05) is 0 Å². The van der Waals surface area contributed by atoms with Gasteiger partial charge in [0.25, 0.3) is 0 Å². The summed E-state index contributed by atoms with van der Waals surface area (Å²) in [5.41, 5.74) is 7.28. The molecule has 0 rings (SSSR count). The average Bonchev–Trinajstić information content (AvgIpc) is 1.87. The fourth-order valence-electron chi connectivity index (χ4n) is 0.426. The zero-order valence-corrected chi connectivity index (χ0v) is 10.0. The van der Waals surface area contributed by atoms with Gasteiger partial charge in [0.15, 0.2) is 0 Å². The standard InChI is InChI=1S/C5H15N5.3ClH/c1-5(2,3-6)9-4(7)10-8;;;/h3,6,8H2,1-2H3,(H3,7,9,10);3*1H. The molecule has 0 aliphatic carbocycles. The van der Waals surface area contributed by atoms with E-state index in [-0.39, 0.29) is 48.7 Å². The number of guanidine groups is 1. The lowest BCUT2D eigenvalue weighted by Crippen LogP contribution is -2.54. The smallest absolute Gasteiger partial charge is 0.203 e. The molecule has 7 N–H and O–H groups in total. The molecule has 0 bridgehead atoms. The Bertz CT molecular complexity index is 129. The molecule has 0 amide bonds. The van der Waals surface area contributed by atoms with E-state index in [0.29, 0.717) is 6.54 Å². The molecule has 5 nitrogen and oxygen atoms in total. The highest BCUT2D eigenvalue weighted by atomic mass is 35.5. The third kappa shape index (κ3) is 12.1. The van der Waals surface area contributed by atoms with Crippen molar-refractivity contribution >= 4 is 43.2 Å². The highest BCUT2D eigenvalue weighted by Gasteiger charge is 2.14. The molecule has 8 heteroatoms. The Labute approximate surface area is 97.1 Å². The van der Waals surface area contributed by atoms with Crippen LogP contribution in [-0.2, 0) is 0 Å². The maximum Gasteiger partial charge on any atom is 0.203 e. The van der Waals surface area contributed by atoms with Crippen molar-refractivity contribution in [2.75, 3.05) is 6.54 Å². The van der Waals surface area contributed by atoms with Crippen LogP contribution in [0.1, 0.15) is 13.8 Å². The second-order valence-corrected chi connectivity index (χ2v) is 2.73. The van der Waals surface area contributed by atoms with Crippen LogP contribution in [0.2, 0.25) is 0 Å². The van der Waals surface area contributed by atoms with E-state index in [1.807, 2.05) is 13.8 Å². The van der Waals surface area contributed by atoms with Crippen LogP contribution in [0.15, 0.2) is 0 Å². The molecule has 0 heterocycles. The molecular weight excluding hydrogens is 236 g/mol. The van der Waals surface area contributed by atoms with Crippen molar-refractivity contribution in [3.05, 3.63) is 0 Å². The maximum absolute atomic E-state index is 7.09. The first-order valence-corrected chi connectivity index (χ1v) is 3.05. The lowest BCUT2D eigenvalue weighted by molar-refractivity contribution is 0.464. The molecule has 13 heavy (non-hydrogen) atoms. The number of nitrogens with two attached hydrogens (primary N) is 2.